The molecule has 1 amide bonds. The van der Waals surface area contributed by atoms with Crippen LogP contribution in [0.1, 0.15) is 16.6 Å². The van der Waals surface area contributed by atoms with Crippen LogP contribution in [0.5, 0.6) is 5.75 Å². The molecule has 1 heterocycles. The van der Waals surface area contributed by atoms with Crippen molar-refractivity contribution < 1.29 is 23.9 Å². The Morgan fingerprint density at radius 2 is 2.00 bits per heavy atom. The third-order valence-corrected chi connectivity index (χ3v) is 4.28. The lowest BCUT2D eigenvalue weighted by Crippen LogP contribution is -2.35. The van der Waals surface area contributed by atoms with Gasteiger partial charge >= 0.3 is 5.97 Å². The fraction of sp³-hybridized carbons (Fsp3) is 0.278. The van der Waals surface area contributed by atoms with Crippen molar-refractivity contribution in [1.29, 1.82) is 5.26 Å². The molecule has 140 valence electrons. The molecule has 0 aliphatic carbocycles. The minimum atomic E-state index is -1.08. The molecule has 0 unspecified atom stereocenters. The van der Waals surface area contributed by atoms with Crippen LogP contribution < -0.4 is 10.1 Å². The van der Waals surface area contributed by atoms with Crippen molar-refractivity contribution in [2.45, 2.75) is 12.8 Å². The van der Waals surface area contributed by atoms with E-state index in [9.17, 15) is 14.4 Å². The molecule has 0 bridgehead atoms. The fourth-order valence-corrected chi connectivity index (χ4v) is 2.80. The van der Waals surface area contributed by atoms with Gasteiger partial charge in [0.1, 0.15) is 17.3 Å². The van der Waals surface area contributed by atoms with Crippen molar-refractivity contribution in [1.82, 2.24) is 10.3 Å². The molecule has 8 nitrogen and oxygen atoms in total. The van der Waals surface area contributed by atoms with Crippen LogP contribution in [-0.4, -0.2) is 42.4 Å². The zero-order valence-electron chi connectivity index (χ0n) is 14.5. The Labute approximate surface area is 159 Å². The highest BCUT2D eigenvalue weighted by molar-refractivity contribution is 7.09. The zero-order chi connectivity index (χ0) is 19.6. The Bertz CT molecular complexity index is 844. The smallest absolute Gasteiger partial charge is 0.325 e. The van der Waals surface area contributed by atoms with E-state index in [1.165, 1.54) is 11.3 Å². The third-order valence-electron chi connectivity index (χ3n) is 3.25. The predicted molar refractivity (Wildman–Crippen MR) is 96.1 cm³/mol. The first-order valence-electron chi connectivity index (χ1n) is 7.94. The van der Waals surface area contributed by atoms with Crippen LogP contribution in [0.4, 0.5) is 0 Å². The van der Waals surface area contributed by atoms with Crippen molar-refractivity contribution in [3.05, 3.63) is 46.4 Å². The van der Waals surface area contributed by atoms with E-state index in [0.29, 0.717) is 16.5 Å². The number of aryl methyl sites for hydroxylation is 1. The van der Waals surface area contributed by atoms with Crippen molar-refractivity contribution in [3.63, 3.8) is 0 Å². The summed E-state index contributed by atoms with van der Waals surface area (Å²) in [5, 5.41) is 13.6. The largest absolute Gasteiger partial charge is 0.484 e. The second kappa shape index (κ2) is 10.0. The topological polar surface area (TPSA) is 118 Å². The Morgan fingerprint density at radius 1 is 1.26 bits per heavy atom. The average Bonchev–Trinajstić information content (AvgIpc) is 3.10. The number of ketones is 1. The maximum Gasteiger partial charge on any atom is 0.325 e. The van der Waals surface area contributed by atoms with Crippen LogP contribution in [0, 0.1) is 18.3 Å². The highest BCUT2D eigenvalue weighted by atomic mass is 32.1. The lowest BCUT2D eigenvalue weighted by Gasteiger charge is -2.08. The number of Topliss-reactive ketones (excluding diaryl/α,β-unsaturated/α-hetero) is 1. The Balaban J connectivity index is 1.70. The number of amides is 1. The van der Waals surface area contributed by atoms with Gasteiger partial charge in [0, 0.05) is 11.1 Å². The molecule has 0 spiro atoms. The second-order valence-electron chi connectivity index (χ2n) is 5.39. The summed E-state index contributed by atoms with van der Waals surface area (Å²) in [6.45, 7) is 0.531. The molecule has 1 N–H and O–H groups in total. The van der Waals surface area contributed by atoms with Crippen LogP contribution >= 0.6 is 11.3 Å². The monoisotopic (exact) mass is 387 g/mol. The minimum absolute atomic E-state index is 0.254. The molecule has 2 aromatic rings. The second-order valence-corrected chi connectivity index (χ2v) is 6.28. The van der Waals surface area contributed by atoms with Gasteiger partial charge < -0.3 is 14.8 Å². The summed E-state index contributed by atoms with van der Waals surface area (Å²) in [5.41, 5.74) is 0.709. The van der Waals surface area contributed by atoms with Gasteiger partial charge in [-0.2, -0.15) is 5.26 Å². The molecule has 0 fully saturated rings. The number of esters is 1. The van der Waals surface area contributed by atoms with Crippen molar-refractivity contribution >= 4 is 29.0 Å². The molecule has 2 rings (SSSR count). The predicted octanol–water partition coefficient (Wildman–Crippen LogP) is 1.37. The molecule has 1 atom stereocenters. The molecule has 1 aromatic heterocycles. The molecule has 0 aliphatic heterocycles. The number of aromatic nitrogens is 1. The van der Waals surface area contributed by atoms with E-state index in [1.807, 2.05) is 12.1 Å². The van der Waals surface area contributed by atoms with Crippen molar-refractivity contribution in [3.8, 4) is 11.8 Å². The first-order valence-corrected chi connectivity index (χ1v) is 8.82. The third kappa shape index (κ3) is 6.52. The molecule has 0 radical (unpaired) electrons. The van der Waals surface area contributed by atoms with Gasteiger partial charge in [0.05, 0.1) is 6.07 Å². The van der Waals surface area contributed by atoms with E-state index in [1.54, 1.807) is 36.6 Å². The highest BCUT2D eigenvalue weighted by Gasteiger charge is 2.24. The number of benzene rings is 1. The van der Waals surface area contributed by atoms with Gasteiger partial charge in [0.25, 0.3) is 5.91 Å². The zero-order valence-corrected chi connectivity index (χ0v) is 15.3. The van der Waals surface area contributed by atoms with Gasteiger partial charge in [-0.1, -0.05) is 18.2 Å². The number of hydrogen-bond acceptors (Lipinski definition) is 8. The van der Waals surface area contributed by atoms with E-state index in [4.69, 9.17) is 14.7 Å². The van der Waals surface area contributed by atoms with Crippen LogP contribution in [-0.2, 0) is 19.1 Å². The lowest BCUT2D eigenvalue weighted by atomic mass is 10.1. The number of nitrogens with one attached hydrogen (secondary N) is 1. The number of nitrogens with zero attached hydrogens (tertiary/aromatic N) is 2. The summed E-state index contributed by atoms with van der Waals surface area (Å²) >= 11 is 1.20. The molecule has 27 heavy (non-hydrogen) atoms. The van der Waals surface area contributed by atoms with E-state index in [2.05, 4.69) is 10.3 Å². The SMILES string of the molecule is Cc1csc([C@@H](C#N)C(=O)COC(=O)CNC(=O)COc2ccccc2)n1. The lowest BCUT2D eigenvalue weighted by molar-refractivity contribution is -0.148. The Kier molecular flexibility index (Phi) is 7.46. The molecule has 0 saturated carbocycles. The summed E-state index contributed by atoms with van der Waals surface area (Å²) < 4.78 is 10.0. The van der Waals surface area contributed by atoms with Gasteiger partial charge in [-0.05, 0) is 19.1 Å². The number of nitriles is 1. The maximum atomic E-state index is 12.0. The number of thiazole rings is 1. The van der Waals surface area contributed by atoms with Crippen molar-refractivity contribution in [2.24, 2.45) is 0 Å². The molecule has 0 saturated heterocycles. The first kappa shape index (κ1) is 20.1. The number of hydrogen-bond donors (Lipinski definition) is 1. The molecular weight excluding hydrogens is 370 g/mol. The molecule has 0 aliphatic rings. The Morgan fingerprint density at radius 3 is 2.63 bits per heavy atom. The number of carbonyl (C=O) groups is 3. The first-order chi connectivity index (χ1) is 13.0. The van der Waals surface area contributed by atoms with E-state index in [0.717, 1.165) is 0 Å². The van der Waals surface area contributed by atoms with E-state index < -0.39 is 36.7 Å². The normalized spacial score (nSPS) is 11.1. The molecule has 1 aromatic carbocycles. The maximum absolute atomic E-state index is 12.0. The summed E-state index contributed by atoms with van der Waals surface area (Å²) in [6, 6.07) is 10.6. The number of rotatable bonds is 9. The van der Waals surface area contributed by atoms with Crippen LogP contribution in [0.25, 0.3) is 0 Å². The van der Waals surface area contributed by atoms with E-state index in [-0.39, 0.29) is 6.61 Å². The summed E-state index contributed by atoms with van der Waals surface area (Å²) in [5.74, 6) is -2.41. The quantitative estimate of drug-likeness (QED) is 0.645. The molecular formula is C18H17N3O5S. The van der Waals surface area contributed by atoms with Gasteiger partial charge in [-0.15, -0.1) is 11.3 Å². The van der Waals surface area contributed by atoms with Crippen molar-refractivity contribution in [2.75, 3.05) is 19.8 Å². The highest BCUT2D eigenvalue weighted by Crippen LogP contribution is 2.20. The van der Waals surface area contributed by atoms with E-state index >= 15 is 0 Å². The van der Waals surface area contributed by atoms with Crippen LogP contribution in [0.15, 0.2) is 35.7 Å². The van der Waals surface area contributed by atoms with Gasteiger partial charge in [-0.3, -0.25) is 14.4 Å². The summed E-state index contributed by atoms with van der Waals surface area (Å²) in [4.78, 5) is 39.4. The number of carbonyl (C=O) groups excluding carboxylic acids is 3. The van der Waals surface area contributed by atoms with Gasteiger partial charge in [-0.25, -0.2) is 4.98 Å². The fourth-order valence-electron chi connectivity index (χ4n) is 1.94. The van der Waals surface area contributed by atoms with Gasteiger partial charge in [0.15, 0.2) is 24.9 Å². The van der Waals surface area contributed by atoms with Crippen LogP contribution in [0.3, 0.4) is 0 Å². The number of ether oxygens (including phenoxy) is 2. The standard InChI is InChI=1S/C18H17N3O5S/c1-12-11-27-18(21-12)14(7-19)15(22)9-26-17(24)8-20-16(23)10-25-13-5-3-2-4-6-13/h2-6,11,14H,8-10H2,1H3,(H,20,23)/t14-/m0/s1. The summed E-state index contributed by atoms with van der Waals surface area (Å²) in [7, 11) is 0. The average molecular weight is 387 g/mol. The summed E-state index contributed by atoms with van der Waals surface area (Å²) in [6.07, 6.45) is 0. The Hall–Kier alpha value is -3.25. The molecule has 9 heteroatoms. The van der Waals surface area contributed by atoms with Gasteiger partial charge in [0.2, 0.25) is 0 Å². The van der Waals surface area contributed by atoms with Crippen LogP contribution in [0.2, 0.25) is 0 Å². The number of para-hydroxylation sites is 1. The minimum Gasteiger partial charge on any atom is -0.484 e.